The highest BCUT2D eigenvalue weighted by Crippen LogP contribution is 2.38. The topological polar surface area (TPSA) is 55.8 Å². The maximum Gasteiger partial charge on any atom is 0.340 e. The molecule has 0 aliphatic carbocycles. The van der Waals surface area contributed by atoms with Crippen molar-refractivity contribution < 1.29 is 19.1 Å². The molecule has 0 atom stereocenters. The first-order chi connectivity index (χ1) is 15.0. The van der Waals surface area contributed by atoms with Crippen molar-refractivity contribution in [2.45, 2.75) is 13.8 Å². The van der Waals surface area contributed by atoms with E-state index in [0.29, 0.717) is 17.9 Å². The van der Waals surface area contributed by atoms with Crippen molar-refractivity contribution in [1.82, 2.24) is 0 Å². The van der Waals surface area contributed by atoms with Gasteiger partial charge in [-0.15, -0.1) is 0 Å². The quantitative estimate of drug-likeness (QED) is 0.431. The average Bonchev–Trinajstić information content (AvgIpc) is 3.03. The molecule has 3 aromatic rings. The molecule has 0 bridgehead atoms. The van der Waals surface area contributed by atoms with Crippen molar-refractivity contribution in [1.29, 1.82) is 0 Å². The number of carbonyl (C=O) groups is 2. The van der Waals surface area contributed by atoms with Crippen LogP contribution in [0.1, 0.15) is 19.4 Å². The summed E-state index contributed by atoms with van der Waals surface area (Å²) >= 11 is 0. The van der Waals surface area contributed by atoms with E-state index in [-0.39, 0.29) is 11.5 Å². The minimum absolute atomic E-state index is 0.261. The molecule has 3 aromatic carbocycles. The first-order valence-electron chi connectivity index (χ1n) is 10.1. The molecule has 0 aromatic heterocycles. The standard InChI is InChI=1S/C26H23NO4/c1-4-31-20-14-12-18(13-15-20)16-22-24(26(29)30-3)17(2)27(25(22)28)23-11-7-9-19-8-5-6-10-21(19)23/h5-16H,4H2,1-3H3/b22-16-. The summed E-state index contributed by atoms with van der Waals surface area (Å²) in [4.78, 5) is 27.8. The summed E-state index contributed by atoms with van der Waals surface area (Å²) in [5, 5.41) is 1.95. The monoisotopic (exact) mass is 413 g/mol. The normalized spacial score (nSPS) is 15.1. The lowest BCUT2D eigenvalue weighted by Gasteiger charge is -2.20. The van der Waals surface area contributed by atoms with Gasteiger partial charge in [0.15, 0.2) is 0 Å². The van der Waals surface area contributed by atoms with E-state index in [2.05, 4.69) is 0 Å². The van der Waals surface area contributed by atoms with Crippen LogP contribution in [-0.4, -0.2) is 25.6 Å². The van der Waals surface area contributed by atoms with Crippen LogP contribution in [0.3, 0.4) is 0 Å². The Bertz CT molecular complexity index is 1220. The van der Waals surface area contributed by atoms with Crippen LogP contribution in [0.15, 0.2) is 83.6 Å². The number of amides is 1. The van der Waals surface area contributed by atoms with Crippen LogP contribution in [-0.2, 0) is 14.3 Å². The Hall–Kier alpha value is -3.86. The van der Waals surface area contributed by atoms with Gasteiger partial charge < -0.3 is 9.47 Å². The molecule has 0 saturated carbocycles. The van der Waals surface area contributed by atoms with Crippen molar-refractivity contribution in [3.63, 3.8) is 0 Å². The van der Waals surface area contributed by atoms with Gasteiger partial charge in [-0.3, -0.25) is 9.69 Å². The van der Waals surface area contributed by atoms with Gasteiger partial charge in [0.05, 0.1) is 30.6 Å². The SMILES string of the molecule is CCOc1ccc(/C=C2\C(=O)N(c3cccc4ccccc34)C(C)=C2C(=O)OC)cc1. The third-order valence-electron chi connectivity index (χ3n) is 5.30. The highest BCUT2D eigenvalue weighted by atomic mass is 16.5. The highest BCUT2D eigenvalue weighted by Gasteiger charge is 2.38. The molecule has 0 unspecified atom stereocenters. The molecule has 31 heavy (non-hydrogen) atoms. The summed E-state index contributed by atoms with van der Waals surface area (Å²) in [5.74, 6) is -0.0476. The fourth-order valence-electron chi connectivity index (χ4n) is 3.87. The second kappa shape index (κ2) is 8.48. The lowest BCUT2D eigenvalue weighted by atomic mass is 10.0. The van der Waals surface area contributed by atoms with E-state index in [1.807, 2.05) is 73.7 Å². The first kappa shape index (κ1) is 20.4. The van der Waals surface area contributed by atoms with Crippen LogP contribution < -0.4 is 9.64 Å². The van der Waals surface area contributed by atoms with Gasteiger partial charge in [0.25, 0.3) is 5.91 Å². The number of esters is 1. The molecule has 1 aliphatic rings. The zero-order valence-corrected chi connectivity index (χ0v) is 17.7. The molecule has 5 heteroatoms. The maximum atomic E-state index is 13.5. The van der Waals surface area contributed by atoms with Crippen molar-refractivity contribution in [3.05, 3.63) is 89.1 Å². The number of benzene rings is 3. The Kier molecular flexibility index (Phi) is 5.58. The van der Waals surface area contributed by atoms with E-state index < -0.39 is 5.97 Å². The van der Waals surface area contributed by atoms with E-state index in [1.165, 1.54) is 7.11 Å². The number of nitrogens with zero attached hydrogens (tertiary/aromatic N) is 1. The number of hydrogen-bond acceptors (Lipinski definition) is 4. The van der Waals surface area contributed by atoms with Crippen molar-refractivity contribution in [2.75, 3.05) is 18.6 Å². The maximum absolute atomic E-state index is 13.5. The van der Waals surface area contributed by atoms with E-state index >= 15 is 0 Å². The van der Waals surface area contributed by atoms with Crippen LogP contribution in [0, 0.1) is 0 Å². The number of carbonyl (C=O) groups excluding carboxylic acids is 2. The molecule has 1 aliphatic heterocycles. The summed E-state index contributed by atoms with van der Waals surface area (Å²) < 4.78 is 10.5. The molecule has 5 nitrogen and oxygen atoms in total. The minimum atomic E-state index is -0.536. The van der Waals surface area contributed by atoms with Crippen LogP contribution in [0.2, 0.25) is 0 Å². The predicted molar refractivity (Wildman–Crippen MR) is 122 cm³/mol. The Balaban J connectivity index is 1.83. The fraction of sp³-hybridized carbons (Fsp3) is 0.154. The summed E-state index contributed by atoms with van der Waals surface area (Å²) in [7, 11) is 1.32. The van der Waals surface area contributed by atoms with E-state index in [0.717, 1.165) is 27.8 Å². The Morgan fingerprint density at radius 3 is 2.42 bits per heavy atom. The molecule has 0 radical (unpaired) electrons. The summed E-state index contributed by atoms with van der Waals surface area (Å²) in [6.45, 7) is 4.27. The number of ether oxygens (including phenoxy) is 2. The number of anilines is 1. The molecule has 0 fully saturated rings. The summed E-state index contributed by atoms with van der Waals surface area (Å²) in [6.07, 6.45) is 1.72. The molecule has 156 valence electrons. The number of methoxy groups -OCH3 is 1. The Morgan fingerprint density at radius 2 is 1.71 bits per heavy atom. The Morgan fingerprint density at radius 1 is 1.00 bits per heavy atom. The van der Waals surface area contributed by atoms with E-state index in [9.17, 15) is 9.59 Å². The average molecular weight is 413 g/mol. The smallest absolute Gasteiger partial charge is 0.340 e. The van der Waals surface area contributed by atoms with Gasteiger partial charge in [0.1, 0.15) is 5.75 Å². The van der Waals surface area contributed by atoms with Crippen molar-refractivity contribution in [2.24, 2.45) is 0 Å². The van der Waals surface area contributed by atoms with E-state index in [4.69, 9.17) is 9.47 Å². The lowest BCUT2D eigenvalue weighted by Crippen LogP contribution is -2.24. The van der Waals surface area contributed by atoms with Crippen LogP contribution in [0.4, 0.5) is 5.69 Å². The molecular formula is C26H23NO4. The Labute approximate surface area is 181 Å². The second-order valence-electron chi connectivity index (χ2n) is 7.15. The van der Waals surface area contributed by atoms with Crippen molar-refractivity contribution in [3.8, 4) is 5.75 Å². The van der Waals surface area contributed by atoms with Gasteiger partial charge in [0.2, 0.25) is 0 Å². The largest absolute Gasteiger partial charge is 0.494 e. The van der Waals surface area contributed by atoms with Gasteiger partial charge in [-0.2, -0.15) is 0 Å². The molecule has 4 rings (SSSR count). The first-order valence-corrected chi connectivity index (χ1v) is 10.1. The van der Waals surface area contributed by atoms with Gasteiger partial charge in [-0.1, -0.05) is 48.5 Å². The third kappa shape index (κ3) is 3.70. The van der Waals surface area contributed by atoms with Gasteiger partial charge in [0, 0.05) is 11.1 Å². The van der Waals surface area contributed by atoms with Crippen LogP contribution in [0.25, 0.3) is 16.8 Å². The number of allylic oxidation sites excluding steroid dienone is 1. The number of hydrogen-bond donors (Lipinski definition) is 0. The molecule has 0 spiro atoms. The van der Waals surface area contributed by atoms with Gasteiger partial charge in [-0.25, -0.2) is 4.79 Å². The van der Waals surface area contributed by atoms with E-state index in [1.54, 1.807) is 17.9 Å². The van der Waals surface area contributed by atoms with Gasteiger partial charge >= 0.3 is 5.97 Å². The number of fused-ring (bicyclic) bond motifs is 1. The van der Waals surface area contributed by atoms with Crippen LogP contribution in [0.5, 0.6) is 5.75 Å². The zero-order valence-electron chi connectivity index (χ0n) is 17.7. The number of rotatable bonds is 5. The van der Waals surface area contributed by atoms with Crippen LogP contribution >= 0.6 is 0 Å². The lowest BCUT2D eigenvalue weighted by molar-refractivity contribution is -0.136. The van der Waals surface area contributed by atoms with Gasteiger partial charge in [-0.05, 0) is 49.1 Å². The molecule has 0 N–H and O–H groups in total. The highest BCUT2D eigenvalue weighted by molar-refractivity contribution is 6.25. The molecule has 0 saturated heterocycles. The third-order valence-corrected chi connectivity index (χ3v) is 5.30. The minimum Gasteiger partial charge on any atom is -0.494 e. The second-order valence-corrected chi connectivity index (χ2v) is 7.15. The summed E-state index contributed by atoms with van der Waals surface area (Å²) in [5.41, 5.74) is 2.65. The molecular weight excluding hydrogens is 390 g/mol. The zero-order chi connectivity index (χ0) is 22.0. The summed E-state index contributed by atoms with van der Waals surface area (Å²) in [6, 6.07) is 21.0. The van der Waals surface area contributed by atoms with Crippen molar-refractivity contribution >= 4 is 34.4 Å². The molecule has 1 heterocycles. The molecule has 1 amide bonds. The predicted octanol–water partition coefficient (Wildman–Crippen LogP) is 5.12. The fourth-order valence-corrected chi connectivity index (χ4v) is 3.87.